The van der Waals surface area contributed by atoms with E-state index < -0.39 is 0 Å². The Morgan fingerprint density at radius 3 is 1.43 bits per heavy atom. The van der Waals surface area contributed by atoms with E-state index in [2.05, 4.69) is 121 Å². The lowest BCUT2D eigenvalue weighted by Gasteiger charge is -2.24. The molecule has 2 amide bonds. The predicted octanol–water partition coefficient (Wildman–Crippen LogP) is 7.50. The monoisotopic (exact) mass is 722 g/mol. The van der Waals surface area contributed by atoms with Crippen LogP contribution >= 0.6 is 21.6 Å². The van der Waals surface area contributed by atoms with Crippen LogP contribution < -0.4 is 14.4 Å². The largest absolute Gasteiger partial charge is 0.374 e. The molecule has 3 aromatic carbocycles. The van der Waals surface area contributed by atoms with Crippen molar-refractivity contribution >= 4 is 69.1 Å². The molecular weight excluding hydrogens is 671 g/mol. The van der Waals surface area contributed by atoms with Gasteiger partial charge < -0.3 is 19.6 Å². The normalized spacial score (nSPS) is 11.2. The molecule has 0 bridgehead atoms. The van der Waals surface area contributed by atoms with Crippen molar-refractivity contribution in [3.63, 3.8) is 0 Å². The molecule has 0 spiro atoms. The Morgan fingerprint density at radius 2 is 0.961 bits per heavy atom. The van der Waals surface area contributed by atoms with Crippen LogP contribution in [0, 0.1) is 0 Å². The van der Waals surface area contributed by atoms with Crippen LogP contribution in [0.3, 0.4) is 0 Å². The third kappa shape index (κ3) is 13.3. The van der Waals surface area contributed by atoms with E-state index in [1.54, 1.807) is 9.80 Å². The van der Waals surface area contributed by atoms with E-state index in [-0.39, 0.29) is 11.8 Å². The Kier molecular flexibility index (Phi) is 16.2. The first-order valence-corrected chi connectivity index (χ1v) is 19.9. The van der Waals surface area contributed by atoms with E-state index in [0.717, 1.165) is 48.3 Å². The maximum absolute atomic E-state index is 12.8. The van der Waals surface area contributed by atoms with Gasteiger partial charge in [-0.2, -0.15) is 0 Å². The van der Waals surface area contributed by atoms with Gasteiger partial charge in [0.25, 0.3) is 0 Å². The molecule has 0 aliphatic rings. The van der Waals surface area contributed by atoms with Crippen LogP contribution in [0.1, 0.15) is 35.1 Å². The summed E-state index contributed by atoms with van der Waals surface area (Å²) in [5, 5.41) is 0. The summed E-state index contributed by atoms with van der Waals surface area (Å²) in [5.41, 5.74) is 6.98. The van der Waals surface area contributed by atoms with Crippen molar-refractivity contribution in [2.75, 3.05) is 75.7 Å². The number of hydrogen-bond donors (Lipinski definition) is 0. The van der Waals surface area contributed by atoms with Crippen molar-refractivity contribution in [1.29, 1.82) is 0 Å². The fourth-order valence-electron chi connectivity index (χ4n) is 5.50. The highest BCUT2D eigenvalue weighted by atomic mass is 33.1. The maximum Gasteiger partial charge on any atom is 0.233 e. The lowest BCUT2D eigenvalue weighted by molar-refractivity contribution is -0.671. The molecule has 0 atom stereocenters. The summed E-state index contributed by atoms with van der Waals surface area (Å²) in [4.78, 5) is 33.6. The van der Waals surface area contributed by atoms with Gasteiger partial charge in [0.05, 0.1) is 11.5 Å². The molecule has 51 heavy (non-hydrogen) atoms. The number of carbonyl (C=O) groups is 2. The molecular formula is C42H52N5O2S2+. The first-order valence-electron chi connectivity index (χ1n) is 17.4. The van der Waals surface area contributed by atoms with E-state index in [0.29, 0.717) is 24.6 Å². The third-order valence-corrected chi connectivity index (χ3v) is 10.8. The molecule has 0 unspecified atom stereocenters. The fraction of sp³-hybridized carbons (Fsp3) is 0.310. The van der Waals surface area contributed by atoms with Crippen LogP contribution in [-0.2, 0) is 16.6 Å². The molecule has 4 aromatic rings. The lowest BCUT2D eigenvalue weighted by Crippen LogP contribution is -2.32. The summed E-state index contributed by atoms with van der Waals surface area (Å²) in [6.45, 7) is 3.03. The van der Waals surface area contributed by atoms with Crippen molar-refractivity contribution in [1.82, 2.24) is 9.80 Å². The first kappa shape index (κ1) is 39.3. The van der Waals surface area contributed by atoms with Gasteiger partial charge in [0.2, 0.25) is 11.8 Å². The minimum Gasteiger partial charge on any atom is -0.374 e. The molecule has 0 radical (unpaired) electrons. The first-order chi connectivity index (χ1) is 24.7. The van der Waals surface area contributed by atoms with Crippen LogP contribution in [0.2, 0.25) is 0 Å². The number of carbonyl (C=O) groups excluding carboxylic acids is 2. The second kappa shape index (κ2) is 21.0. The third-order valence-electron chi connectivity index (χ3n) is 8.68. The summed E-state index contributed by atoms with van der Waals surface area (Å²) in [6.07, 6.45) is 14.4. The van der Waals surface area contributed by atoms with Crippen molar-refractivity contribution in [2.45, 2.75) is 12.8 Å². The zero-order valence-electron chi connectivity index (χ0n) is 30.7. The fourth-order valence-corrected chi connectivity index (χ4v) is 7.41. The SMILES string of the molecule is CN(CCCN(C)c1ccccc1/C=C/c1ccccc1)C(=O)CSSCC(=O)N(C)CCCN(C)c1ccccc1/C=C/c1cc[n+](C)cc1. The van der Waals surface area contributed by atoms with Crippen LogP contribution in [0.25, 0.3) is 24.3 Å². The van der Waals surface area contributed by atoms with E-state index in [1.165, 1.54) is 32.8 Å². The van der Waals surface area contributed by atoms with Gasteiger partial charge in [-0.15, -0.1) is 0 Å². The summed E-state index contributed by atoms with van der Waals surface area (Å²) in [6, 6.07) is 31.3. The molecule has 1 aromatic heterocycles. The number of rotatable bonds is 19. The highest BCUT2D eigenvalue weighted by molar-refractivity contribution is 8.77. The zero-order chi connectivity index (χ0) is 36.4. The number of pyridine rings is 1. The number of hydrogen-bond acceptors (Lipinski definition) is 6. The number of para-hydroxylation sites is 2. The summed E-state index contributed by atoms with van der Waals surface area (Å²) < 4.78 is 2.02. The zero-order valence-corrected chi connectivity index (χ0v) is 32.3. The average Bonchev–Trinajstić information content (AvgIpc) is 3.15. The number of aryl methyl sites for hydroxylation is 1. The van der Waals surface area contributed by atoms with E-state index in [1.807, 2.05) is 56.3 Å². The van der Waals surface area contributed by atoms with E-state index >= 15 is 0 Å². The standard InChI is InChI=1S/C42H52N5O2S2/c1-43-31-25-36(26-32-43)22-24-38-18-10-12-20-40(38)45(3)28-14-30-47(5)42(49)34-51-50-33-41(48)46(4)29-13-27-44(2)39-19-11-9-17-37(39)23-21-35-15-7-6-8-16-35/h6-12,15-26,31-32H,13-14,27-30,33-34H2,1-5H3/q+1/b23-21+. The van der Waals surface area contributed by atoms with Gasteiger partial charge in [0.15, 0.2) is 12.4 Å². The predicted molar refractivity (Wildman–Crippen MR) is 221 cm³/mol. The van der Waals surface area contributed by atoms with Crippen molar-refractivity contribution in [3.05, 3.63) is 126 Å². The van der Waals surface area contributed by atoms with Crippen LogP contribution in [0.5, 0.6) is 0 Å². The highest BCUT2D eigenvalue weighted by Gasteiger charge is 2.14. The molecule has 0 aliphatic heterocycles. The molecule has 9 heteroatoms. The molecule has 1 heterocycles. The summed E-state index contributed by atoms with van der Waals surface area (Å²) in [5.74, 6) is 0.862. The van der Waals surface area contributed by atoms with Gasteiger partial charge in [-0.05, 0) is 47.2 Å². The van der Waals surface area contributed by atoms with Crippen molar-refractivity contribution < 1.29 is 14.2 Å². The Labute approximate surface area is 313 Å². The van der Waals surface area contributed by atoms with Gasteiger partial charge in [0.1, 0.15) is 7.05 Å². The maximum atomic E-state index is 12.8. The number of aromatic nitrogens is 1. The summed E-state index contributed by atoms with van der Waals surface area (Å²) in [7, 11) is 12.8. The Hall–Kier alpha value is -4.47. The molecule has 4 rings (SSSR count). The molecule has 0 saturated heterocycles. The Bertz CT molecular complexity index is 1730. The van der Waals surface area contributed by atoms with Crippen LogP contribution in [-0.4, -0.2) is 87.5 Å². The van der Waals surface area contributed by atoms with Gasteiger partial charge in [-0.3, -0.25) is 9.59 Å². The molecule has 0 aliphatic carbocycles. The number of amides is 2. The highest BCUT2D eigenvalue weighted by Crippen LogP contribution is 2.24. The molecule has 268 valence electrons. The van der Waals surface area contributed by atoms with Gasteiger partial charge in [-0.1, -0.05) is 113 Å². The van der Waals surface area contributed by atoms with Crippen molar-refractivity contribution in [3.8, 4) is 0 Å². The number of nitrogens with zero attached hydrogens (tertiary/aromatic N) is 5. The molecule has 0 saturated carbocycles. The minimum absolute atomic E-state index is 0.0810. The number of benzene rings is 3. The van der Waals surface area contributed by atoms with E-state index in [9.17, 15) is 9.59 Å². The second-order valence-corrected chi connectivity index (χ2v) is 15.2. The van der Waals surface area contributed by atoms with E-state index in [4.69, 9.17) is 0 Å². The Morgan fingerprint density at radius 1 is 0.549 bits per heavy atom. The molecule has 0 fully saturated rings. The van der Waals surface area contributed by atoms with Gasteiger partial charge in [0, 0.05) is 77.9 Å². The smallest absolute Gasteiger partial charge is 0.233 e. The topological polar surface area (TPSA) is 51.0 Å². The van der Waals surface area contributed by atoms with Gasteiger partial charge >= 0.3 is 0 Å². The quantitative estimate of drug-likeness (QED) is 0.0433. The van der Waals surface area contributed by atoms with Gasteiger partial charge in [-0.25, -0.2) is 4.57 Å². The lowest BCUT2D eigenvalue weighted by atomic mass is 10.1. The molecule has 0 N–H and O–H groups in total. The minimum atomic E-state index is 0.0810. The molecule has 7 nitrogen and oxygen atoms in total. The second-order valence-electron chi connectivity index (χ2n) is 12.7. The van der Waals surface area contributed by atoms with Crippen LogP contribution in [0.15, 0.2) is 103 Å². The van der Waals surface area contributed by atoms with Crippen LogP contribution in [0.4, 0.5) is 11.4 Å². The Balaban J connectivity index is 1.11. The average molecular weight is 723 g/mol. The van der Waals surface area contributed by atoms with Crippen molar-refractivity contribution in [2.24, 2.45) is 7.05 Å². The number of anilines is 2. The summed E-state index contributed by atoms with van der Waals surface area (Å²) >= 11 is 0.